The lowest BCUT2D eigenvalue weighted by Gasteiger charge is -2.15. The van der Waals surface area contributed by atoms with Crippen molar-refractivity contribution in [2.75, 3.05) is 28.6 Å². The number of rotatable bonds is 4. The minimum Gasteiger partial charge on any atom is -0.355 e. The van der Waals surface area contributed by atoms with Crippen LogP contribution in [0.3, 0.4) is 0 Å². The monoisotopic (exact) mass is 325 g/mol. The lowest BCUT2D eigenvalue weighted by atomic mass is 10.2. The number of nitrogens with zero attached hydrogens (tertiary/aromatic N) is 3. The maximum absolute atomic E-state index is 12.2. The van der Waals surface area contributed by atoms with Crippen LogP contribution in [-0.2, 0) is 4.79 Å². The Bertz CT molecular complexity index is 722. The van der Waals surface area contributed by atoms with Gasteiger partial charge in [-0.3, -0.25) is 9.59 Å². The molecule has 1 aliphatic rings. The zero-order valence-electron chi connectivity index (χ0n) is 13.5. The van der Waals surface area contributed by atoms with E-state index >= 15 is 0 Å². The molecular formula is C17H19N5O2. The van der Waals surface area contributed by atoms with E-state index in [0.29, 0.717) is 11.4 Å². The van der Waals surface area contributed by atoms with Crippen molar-refractivity contribution in [2.45, 2.75) is 19.8 Å². The van der Waals surface area contributed by atoms with Gasteiger partial charge in [-0.1, -0.05) is 0 Å². The predicted octanol–water partition coefficient (Wildman–Crippen LogP) is 2.29. The highest BCUT2D eigenvalue weighted by molar-refractivity contribution is 6.03. The number of anilines is 3. The average molecular weight is 325 g/mol. The first kappa shape index (κ1) is 15.9. The van der Waals surface area contributed by atoms with Crippen LogP contribution in [0.15, 0.2) is 36.4 Å². The molecule has 0 spiro atoms. The van der Waals surface area contributed by atoms with Gasteiger partial charge in [-0.05, 0) is 49.2 Å². The smallest absolute Gasteiger partial charge is 0.276 e. The molecule has 1 fully saturated rings. The summed E-state index contributed by atoms with van der Waals surface area (Å²) in [5.74, 6) is 0.353. The van der Waals surface area contributed by atoms with Gasteiger partial charge in [0.2, 0.25) is 5.91 Å². The second kappa shape index (κ2) is 7.08. The number of benzene rings is 1. The Balaban J connectivity index is 1.62. The molecule has 1 saturated heterocycles. The maximum atomic E-state index is 12.2. The number of nitrogens with one attached hydrogen (secondary N) is 2. The van der Waals surface area contributed by atoms with Crippen LogP contribution in [0.1, 0.15) is 30.3 Å². The van der Waals surface area contributed by atoms with Crippen molar-refractivity contribution >= 4 is 29.0 Å². The van der Waals surface area contributed by atoms with Crippen LogP contribution in [0, 0.1) is 0 Å². The highest BCUT2D eigenvalue weighted by Gasteiger charge is 2.15. The second-order valence-electron chi connectivity index (χ2n) is 5.68. The van der Waals surface area contributed by atoms with Gasteiger partial charge in [0.15, 0.2) is 11.5 Å². The maximum Gasteiger partial charge on any atom is 0.276 e. The Labute approximate surface area is 140 Å². The topological polar surface area (TPSA) is 87.2 Å². The fraction of sp³-hybridized carbons (Fsp3) is 0.294. The number of hydrogen-bond donors (Lipinski definition) is 2. The number of amides is 2. The number of aromatic nitrogens is 2. The standard InChI is InChI=1S/C17H19N5O2/c1-12(23)18-13-4-6-14(7-5-13)19-17(24)15-8-9-16(21-20-15)22-10-2-3-11-22/h4-9H,2-3,10-11H2,1H3,(H,18,23)(H,19,24). The summed E-state index contributed by atoms with van der Waals surface area (Å²) in [5.41, 5.74) is 1.57. The molecular weight excluding hydrogens is 306 g/mol. The van der Waals surface area contributed by atoms with E-state index in [4.69, 9.17) is 0 Å². The molecule has 2 heterocycles. The molecule has 0 unspecified atom stereocenters. The first-order valence-corrected chi connectivity index (χ1v) is 7.89. The second-order valence-corrected chi connectivity index (χ2v) is 5.68. The van der Waals surface area contributed by atoms with Crippen LogP contribution < -0.4 is 15.5 Å². The van der Waals surface area contributed by atoms with Crippen LogP contribution in [0.4, 0.5) is 17.2 Å². The van der Waals surface area contributed by atoms with Gasteiger partial charge in [-0.25, -0.2) is 0 Å². The molecule has 2 aromatic rings. The fourth-order valence-corrected chi connectivity index (χ4v) is 2.60. The van der Waals surface area contributed by atoms with E-state index in [9.17, 15) is 9.59 Å². The largest absolute Gasteiger partial charge is 0.355 e. The third-order valence-electron chi connectivity index (χ3n) is 3.78. The van der Waals surface area contributed by atoms with E-state index in [0.717, 1.165) is 18.9 Å². The predicted molar refractivity (Wildman–Crippen MR) is 92.2 cm³/mol. The summed E-state index contributed by atoms with van der Waals surface area (Å²) in [5, 5.41) is 13.6. The van der Waals surface area contributed by atoms with Gasteiger partial charge in [-0.2, -0.15) is 0 Å². The Hall–Kier alpha value is -2.96. The number of hydrogen-bond acceptors (Lipinski definition) is 5. The molecule has 124 valence electrons. The normalized spacial score (nSPS) is 13.6. The Morgan fingerprint density at radius 2 is 1.54 bits per heavy atom. The van der Waals surface area contributed by atoms with Gasteiger partial charge >= 0.3 is 0 Å². The van der Waals surface area contributed by atoms with Crippen LogP contribution >= 0.6 is 0 Å². The highest BCUT2D eigenvalue weighted by Crippen LogP contribution is 2.17. The van der Waals surface area contributed by atoms with Crippen molar-refractivity contribution in [1.82, 2.24) is 10.2 Å². The van der Waals surface area contributed by atoms with Crippen molar-refractivity contribution in [3.8, 4) is 0 Å². The molecule has 7 nitrogen and oxygen atoms in total. The quantitative estimate of drug-likeness (QED) is 0.900. The zero-order valence-corrected chi connectivity index (χ0v) is 13.5. The van der Waals surface area contributed by atoms with Gasteiger partial charge < -0.3 is 15.5 Å². The Morgan fingerprint density at radius 1 is 0.917 bits per heavy atom. The molecule has 1 aromatic heterocycles. The molecule has 7 heteroatoms. The SMILES string of the molecule is CC(=O)Nc1ccc(NC(=O)c2ccc(N3CCCC3)nn2)cc1. The van der Waals surface area contributed by atoms with Crippen LogP contribution in [0.25, 0.3) is 0 Å². The van der Waals surface area contributed by atoms with Crippen molar-refractivity contribution in [2.24, 2.45) is 0 Å². The van der Waals surface area contributed by atoms with Crippen molar-refractivity contribution < 1.29 is 9.59 Å². The minimum atomic E-state index is -0.317. The molecule has 0 atom stereocenters. The van der Waals surface area contributed by atoms with E-state index in [-0.39, 0.29) is 17.5 Å². The summed E-state index contributed by atoms with van der Waals surface area (Å²) in [6.45, 7) is 3.42. The van der Waals surface area contributed by atoms with E-state index in [2.05, 4.69) is 25.7 Å². The molecule has 24 heavy (non-hydrogen) atoms. The summed E-state index contributed by atoms with van der Waals surface area (Å²) in [6.07, 6.45) is 2.33. The molecule has 3 rings (SSSR count). The molecule has 1 aliphatic heterocycles. The summed E-state index contributed by atoms with van der Waals surface area (Å²) >= 11 is 0. The molecule has 1 aromatic carbocycles. The third kappa shape index (κ3) is 3.87. The summed E-state index contributed by atoms with van der Waals surface area (Å²) in [4.78, 5) is 25.4. The first-order valence-electron chi connectivity index (χ1n) is 7.89. The minimum absolute atomic E-state index is 0.139. The fourth-order valence-electron chi connectivity index (χ4n) is 2.60. The lowest BCUT2D eigenvalue weighted by molar-refractivity contribution is -0.114. The van der Waals surface area contributed by atoms with Crippen LogP contribution in [0.5, 0.6) is 0 Å². The summed E-state index contributed by atoms with van der Waals surface area (Å²) in [6, 6.07) is 10.4. The van der Waals surface area contributed by atoms with Gasteiger partial charge in [0.25, 0.3) is 5.91 Å². The third-order valence-corrected chi connectivity index (χ3v) is 3.78. The van der Waals surface area contributed by atoms with E-state index in [1.165, 1.54) is 19.8 Å². The molecule has 0 bridgehead atoms. The van der Waals surface area contributed by atoms with Crippen LogP contribution in [0.2, 0.25) is 0 Å². The van der Waals surface area contributed by atoms with E-state index in [1.807, 2.05) is 6.07 Å². The Kier molecular flexibility index (Phi) is 4.69. The molecule has 2 N–H and O–H groups in total. The average Bonchev–Trinajstić information content (AvgIpc) is 3.11. The van der Waals surface area contributed by atoms with Crippen molar-refractivity contribution in [3.05, 3.63) is 42.1 Å². The molecule has 0 aliphatic carbocycles. The lowest BCUT2D eigenvalue weighted by Crippen LogP contribution is -2.21. The van der Waals surface area contributed by atoms with Crippen molar-refractivity contribution in [3.63, 3.8) is 0 Å². The Morgan fingerprint density at radius 3 is 2.08 bits per heavy atom. The summed E-state index contributed by atoms with van der Waals surface area (Å²) < 4.78 is 0. The van der Waals surface area contributed by atoms with Gasteiger partial charge in [0.1, 0.15) is 0 Å². The number of carbonyl (C=O) groups is 2. The van der Waals surface area contributed by atoms with Gasteiger partial charge in [-0.15, -0.1) is 10.2 Å². The molecule has 2 amide bonds. The van der Waals surface area contributed by atoms with E-state index in [1.54, 1.807) is 30.3 Å². The van der Waals surface area contributed by atoms with Crippen LogP contribution in [-0.4, -0.2) is 35.1 Å². The molecule has 0 saturated carbocycles. The van der Waals surface area contributed by atoms with Crippen molar-refractivity contribution in [1.29, 1.82) is 0 Å². The van der Waals surface area contributed by atoms with E-state index < -0.39 is 0 Å². The summed E-state index contributed by atoms with van der Waals surface area (Å²) in [7, 11) is 0. The zero-order chi connectivity index (χ0) is 16.9. The van der Waals surface area contributed by atoms with Gasteiger partial charge in [0, 0.05) is 31.4 Å². The number of carbonyl (C=O) groups excluding carboxylic acids is 2. The molecule has 0 radical (unpaired) electrons. The van der Waals surface area contributed by atoms with Gasteiger partial charge in [0.05, 0.1) is 0 Å². The first-order chi connectivity index (χ1) is 11.6. The highest BCUT2D eigenvalue weighted by atomic mass is 16.2.